The van der Waals surface area contributed by atoms with Gasteiger partial charge in [-0.1, -0.05) is 0 Å². The molecule has 4 bridgehead atoms. The second-order valence-electron chi connectivity index (χ2n) is 8.97. The summed E-state index contributed by atoms with van der Waals surface area (Å²) in [6, 6.07) is 0.771. The molecule has 3 aliphatic carbocycles. The number of amides is 2. The van der Waals surface area contributed by atoms with Crippen molar-refractivity contribution in [3.05, 3.63) is 0 Å². The molecule has 2 aliphatic heterocycles. The van der Waals surface area contributed by atoms with Gasteiger partial charge in [0, 0.05) is 24.7 Å². The number of nitrogens with zero attached hydrogens (tertiary/aromatic N) is 1. The lowest BCUT2D eigenvalue weighted by Crippen LogP contribution is -2.51. The van der Waals surface area contributed by atoms with Crippen molar-refractivity contribution >= 4 is 16.1 Å². The minimum Gasteiger partial charge on any atom is -0.335 e. The summed E-state index contributed by atoms with van der Waals surface area (Å²) in [6.45, 7) is 0.939. The van der Waals surface area contributed by atoms with Crippen molar-refractivity contribution in [2.45, 2.75) is 75.9 Å². The standard InChI is InChI=1S/C18H31N3O3S/c1-25(23,24)20-16-4-2-15(3-5-16)19-18(22)21-11-14-7-12-6-13(8-14)10-17(21)9-12/h12-17,20H,2-11H2,1H3,(H,19,22). The Hall–Kier alpha value is -0.820. The Morgan fingerprint density at radius 2 is 1.44 bits per heavy atom. The Balaban J connectivity index is 1.31. The molecule has 2 unspecified atom stereocenters. The number of urea groups is 1. The van der Waals surface area contributed by atoms with Crippen LogP contribution in [-0.4, -0.2) is 50.3 Å². The van der Waals surface area contributed by atoms with Crippen LogP contribution in [0.5, 0.6) is 0 Å². The Morgan fingerprint density at radius 1 is 0.880 bits per heavy atom. The van der Waals surface area contributed by atoms with Crippen LogP contribution in [-0.2, 0) is 10.0 Å². The van der Waals surface area contributed by atoms with Gasteiger partial charge in [0.1, 0.15) is 0 Å². The number of rotatable bonds is 3. The Morgan fingerprint density at radius 3 is 2.04 bits per heavy atom. The summed E-state index contributed by atoms with van der Waals surface area (Å²) in [5.74, 6) is 2.40. The lowest BCUT2D eigenvalue weighted by Gasteiger charge is -2.39. The molecule has 0 radical (unpaired) electrons. The number of carbonyl (C=O) groups is 1. The van der Waals surface area contributed by atoms with E-state index in [1.807, 2.05) is 0 Å². The normalized spacial score (nSPS) is 40.8. The SMILES string of the molecule is CS(=O)(=O)NC1CCC(NC(=O)N2CC3CC4CC(C3)CC2C4)CC1. The van der Waals surface area contributed by atoms with Crippen molar-refractivity contribution in [3.8, 4) is 0 Å². The maximum absolute atomic E-state index is 12.9. The average Bonchev–Trinajstić information content (AvgIpc) is 2.71. The Kier molecular flexibility index (Phi) is 4.73. The van der Waals surface area contributed by atoms with Gasteiger partial charge in [-0.25, -0.2) is 17.9 Å². The molecule has 0 aromatic carbocycles. The van der Waals surface area contributed by atoms with E-state index in [0.29, 0.717) is 12.0 Å². The number of carbonyl (C=O) groups excluding carboxylic acids is 1. The quantitative estimate of drug-likeness (QED) is 0.799. The fourth-order valence-electron chi connectivity index (χ4n) is 5.95. The fraction of sp³-hybridized carbons (Fsp3) is 0.944. The molecule has 25 heavy (non-hydrogen) atoms. The summed E-state index contributed by atoms with van der Waals surface area (Å²) in [4.78, 5) is 15.0. The van der Waals surface area contributed by atoms with Gasteiger partial charge in [0.2, 0.25) is 10.0 Å². The highest BCUT2D eigenvalue weighted by atomic mass is 32.2. The molecule has 0 aromatic heterocycles. The van der Waals surface area contributed by atoms with Crippen LogP contribution in [0.1, 0.15) is 57.8 Å². The summed E-state index contributed by atoms with van der Waals surface area (Å²) in [5.41, 5.74) is 0. The van der Waals surface area contributed by atoms with Crippen LogP contribution >= 0.6 is 0 Å². The van der Waals surface area contributed by atoms with Crippen molar-refractivity contribution < 1.29 is 13.2 Å². The number of hydrogen-bond acceptors (Lipinski definition) is 3. The molecule has 2 atom stereocenters. The monoisotopic (exact) mass is 369 g/mol. The molecule has 5 fully saturated rings. The van der Waals surface area contributed by atoms with E-state index in [-0.39, 0.29) is 18.1 Å². The minimum atomic E-state index is -3.14. The largest absolute Gasteiger partial charge is 0.335 e. The van der Waals surface area contributed by atoms with E-state index >= 15 is 0 Å². The number of hydrogen-bond donors (Lipinski definition) is 2. The molecule has 5 rings (SSSR count). The van der Waals surface area contributed by atoms with E-state index in [1.165, 1.54) is 38.4 Å². The van der Waals surface area contributed by atoms with E-state index in [2.05, 4.69) is 14.9 Å². The van der Waals surface area contributed by atoms with Crippen LogP contribution < -0.4 is 10.0 Å². The molecular formula is C18H31N3O3S. The third-order valence-electron chi connectivity index (χ3n) is 6.80. The first-order valence-corrected chi connectivity index (χ1v) is 11.8. The van der Waals surface area contributed by atoms with E-state index in [9.17, 15) is 13.2 Å². The maximum Gasteiger partial charge on any atom is 0.317 e. The van der Waals surface area contributed by atoms with Crippen molar-refractivity contribution in [3.63, 3.8) is 0 Å². The summed E-state index contributed by atoms with van der Waals surface area (Å²) in [7, 11) is -3.14. The van der Waals surface area contributed by atoms with Crippen LogP contribution in [0.15, 0.2) is 0 Å². The van der Waals surface area contributed by atoms with Crippen molar-refractivity contribution in [2.24, 2.45) is 17.8 Å². The first-order valence-electron chi connectivity index (χ1n) is 9.90. The van der Waals surface area contributed by atoms with Gasteiger partial charge in [-0.15, -0.1) is 0 Å². The molecular weight excluding hydrogens is 338 g/mol. The van der Waals surface area contributed by atoms with E-state index in [1.54, 1.807) is 0 Å². The van der Waals surface area contributed by atoms with Gasteiger partial charge in [-0.3, -0.25) is 0 Å². The zero-order chi connectivity index (χ0) is 17.6. The molecule has 2 saturated heterocycles. The topological polar surface area (TPSA) is 78.5 Å². The lowest BCUT2D eigenvalue weighted by molar-refractivity contribution is 0.129. The number of sulfonamides is 1. The maximum atomic E-state index is 12.9. The van der Waals surface area contributed by atoms with Crippen LogP contribution in [0.3, 0.4) is 0 Å². The average molecular weight is 370 g/mol. The number of nitrogens with one attached hydrogen (secondary N) is 2. The van der Waals surface area contributed by atoms with E-state index < -0.39 is 10.0 Å². The summed E-state index contributed by atoms with van der Waals surface area (Å²) in [6.07, 6.45) is 10.9. The molecule has 2 N–H and O–H groups in total. The third-order valence-corrected chi connectivity index (χ3v) is 7.56. The second-order valence-corrected chi connectivity index (χ2v) is 10.8. The van der Waals surface area contributed by atoms with Crippen LogP contribution in [0.2, 0.25) is 0 Å². The second kappa shape index (κ2) is 6.72. The third kappa shape index (κ3) is 4.13. The first-order chi connectivity index (χ1) is 11.9. The van der Waals surface area contributed by atoms with Crippen LogP contribution in [0.25, 0.3) is 0 Å². The van der Waals surface area contributed by atoms with Gasteiger partial charge in [0.05, 0.1) is 6.26 Å². The molecule has 0 aromatic rings. The van der Waals surface area contributed by atoms with Gasteiger partial charge >= 0.3 is 6.03 Å². The van der Waals surface area contributed by atoms with Crippen molar-refractivity contribution in [1.29, 1.82) is 0 Å². The van der Waals surface area contributed by atoms with Crippen molar-refractivity contribution in [1.82, 2.24) is 14.9 Å². The molecule has 0 spiro atoms. The molecule has 2 amide bonds. The molecule has 142 valence electrons. The first kappa shape index (κ1) is 17.6. The summed E-state index contributed by atoms with van der Waals surface area (Å²) in [5, 5.41) is 3.25. The zero-order valence-electron chi connectivity index (χ0n) is 15.1. The zero-order valence-corrected chi connectivity index (χ0v) is 15.9. The lowest BCUT2D eigenvalue weighted by atomic mass is 9.68. The molecule has 3 saturated carbocycles. The van der Waals surface area contributed by atoms with Gasteiger partial charge in [0.25, 0.3) is 0 Å². The highest BCUT2D eigenvalue weighted by molar-refractivity contribution is 7.88. The summed E-state index contributed by atoms with van der Waals surface area (Å²) >= 11 is 0. The molecule has 6 nitrogen and oxygen atoms in total. The molecule has 7 heteroatoms. The summed E-state index contributed by atoms with van der Waals surface area (Å²) < 4.78 is 25.4. The van der Waals surface area contributed by atoms with Crippen LogP contribution in [0, 0.1) is 17.8 Å². The predicted octanol–water partition coefficient (Wildman–Crippen LogP) is 2.07. The fourth-order valence-corrected chi connectivity index (χ4v) is 6.79. The van der Waals surface area contributed by atoms with Crippen LogP contribution in [0.4, 0.5) is 4.79 Å². The Labute approximate surface area is 151 Å². The van der Waals surface area contributed by atoms with E-state index in [0.717, 1.165) is 44.1 Å². The highest BCUT2D eigenvalue weighted by Gasteiger charge is 2.44. The predicted molar refractivity (Wildman–Crippen MR) is 96.6 cm³/mol. The van der Waals surface area contributed by atoms with Gasteiger partial charge < -0.3 is 10.2 Å². The van der Waals surface area contributed by atoms with E-state index in [4.69, 9.17) is 0 Å². The molecule has 5 aliphatic rings. The number of fused-ring (bicyclic) bond motifs is 1. The highest BCUT2D eigenvalue weighted by Crippen LogP contribution is 2.47. The van der Waals surface area contributed by atoms with Crippen molar-refractivity contribution in [2.75, 3.05) is 12.8 Å². The van der Waals surface area contributed by atoms with Gasteiger partial charge in [-0.05, 0) is 75.5 Å². The molecule has 2 heterocycles. The smallest absolute Gasteiger partial charge is 0.317 e. The minimum absolute atomic E-state index is 0.0210. The van der Waals surface area contributed by atoms with Gasteiger partial charge in [0.15, 0.2) is 0 Å². The Bertz CT molecular complexity index is 601. The van der Waals surface area contributed by atoms with Gasteiger partial charge in [-0.2, -0.15) is 0 Å².